The van der Waals surface area contributed by atoms with Crippen molar-refractivity contribution in [3.8, 4) is 11.3 Å². The molecule has 178 valence electrons. The predicted octanol–water partition coefficient (Wildman–Crippen LogP) is 4.43. The Hall–Kier alpha value is -3.69. The van der Waals surface area contributed by atoms with Crippen molar-refractivity contribution >= 4 is 21.8 Å². The molecule has 0 radical (unpaired) electrons. The van der Waals surface area contributed by atoms with Gasteiger partial charge in [-0.2, -0.15) is 4.57 Å². The number of halogens is 1. The van der Waals surface area contributed by atoms with Crippen molar-refractivity contribution in [2.45, 2.75) is 25.9 Å². The van der Waals surface area contributed by atoms with E-state index in [9.17, 15) is 0 Å². The van der Waals surface area contributed by atoms with Crippen LogP contribution in [0.1, 0.15) is 17.5 Å². The zero-order valence-electron chi connectivity index (χ0n) is 20.2. The van der Waals surface area contributed by atoms with Gasteiger partial charge in [-0.3, -0.25) is 0 Å². The lowest BCUT2D eigenvalue weighted by Crippen LogP contribution is -3.00. The largest absolute Gasteiger partial charge is 1.00 e. The van der Waals surface area contributed by atoms with E-state index >= 15 is 0 Å². The summed E-state index contributed by atoms with van der Waals surface area (Å²) in [7, 11) is 0. The lowest BCUT2D eigenvalue weighted by molar-refractivity contribution is -0.676. The SMILES string of the molecule is [Br-].c1ccc(CCCn2c3ccccc3c3cc[n+](Cc4ccccc4)c(-c4ccccc4)c32)cc1. The molecule has 0 aliphatic heterocycles. The summed E-state index contributed by atoms with van der Waals surface area (Å²) in [5.74, 6) is 0. The van der Waals surface area contributed by atoms with E-state index < -0.39 is 0 Å². The lowest BCUT2D eigenvalue weighted by Gasteiger charge is -2.11. The maximum Gasteiger partial charge on any atom is 0.237 e. The van der Waals surface area contributed by atoms with Gasteiger partial charge in [0.1, 0.15) is 5.52 Å². The predicted molar refractivity (Wildman–Crippen MR) is 145 cm³/mol. The van der Waals surface area contributed by atoms with Crippen LogP contribution in [-0.4, -0.2) is 4.57 Å². The van der Waals surface area contributed by atoms with Gasteiger partial charge in [-0.15, -0.1) is 0 Å². The van der Waals surface area contributed by atoms with Crippen LogP contribution in [0, 0.1) is 0 Å². The Kier molecular flexibility index (Phi) is 7.29. The minimum absolute atomic E-state index is 0. The fourth-order valence-corrected chi connectivity index (χ4v) is 5.26. The number of hydrogen-bond acceptors (Lipinski definition) is 0. The van der Waals surface area contributed by atoms with Crippen molar-refractivity contribution in [1.29, 1.82) is 0 Å². The highest BCUT2D eigenvalue weighted by atomic mass is 79.9. The van der Waals surface area contributed by atoms with Crippen molar-refractivity contribution in [3.05, 3.63) is 139 Å². The summed E-state index contributed by atoms with van der Waals surface area (Å²) in [5.41, 5.74) is 7.87. The molecule has 4 aromatic carbocycles. The van der Waals surface area contributed by atoms with Crippen LogP contribution >= 0.6 is 0 Å². The molecule has 2 aromatic heterocycles. The smallest absolute Gasteiger partial charge is 0.237 e. The Morgan fingerprint density at radius 3 is 1.92 bits per heavy atom. The fraction of sp³-hybridized carbons (Fsp3) is 0.121. The van der Waals surface area contributed by atoms with Crippen molar-refractivity contribution < 1.29 is 21.5 Å². The Morgan fingerprint density at radius 1 is 0.583 bits per heavy atom. The molecule has 2 nitrogen and oxygen atoms in total. The second kappa shape index (κ2) is 10.9. The van der Waals surface area contributed by atoms with E-state index in [4.69, 9.17) is 0 Å². The summed E-state index contributed by atoms with van der Waals surface area (Å²) in [6.07, 6.45) is 4.43. The molecule has 0 amide bonds. The number of rotatable bonds is 7. The number of aromatic nitrogens is 2. The third-order valence-corrected chi connectivity index (χ3v) is 6.88. The van der Waals surface area contributed by atoms with E-state index in [1.54, 1.807) is 0 Å². The summed E-state index contributed by atoms with van der Waals surface area (Å²) in [6.45, 7) is 1.82. The van der Waals surface area contributed by atoms with Crippen LogP contribution in [0.2, 0.25) is 0 Å². The molecular formula is C33H29BrN2. The second-order valence-electron chi connectivity index (χ2n) is 9.16. The van der Waals surface area contributed by atoms with Gasteiger partial charge in [0, 0.05) is 40.0 Å². The zero-order valence-corrected chi connectivity index (χ0v) is 21.8. The van der Waals surface area contributed by atoms with E-state index in [-0.39, 0.29) is 17.0 Å². The van der Waals surface area contributed by atoms with Crippen molar-refractivity contribution in [1.82, 2.24) is 4.57 Å². The van der Waals surface area contributed by atoms with Gasteiger partial charge < -0.3 is 21.5 Å². The van der Waals surface area contributed by atoms with E-state index in [1.165, 1.54) is 44.2 Å². The van der Waals surface area contributed by atoms with Crippen LogP contribution in [0.5, 0.6) is 0 Å². The molecule has 0 fully saturated rings. The average Bonchev–Trinajstić information content (AvgIpc) is 3.24. The van der Waals surface area contributed by atoms with Gasteiger partial charge in [0.05, 0.1) is 0 Å². The molecule has 0 atom stereocenters. The molecule has 0 aliphatic carbocycles. The summed E-state index contributed by atoms with van der Waals surface area (Å²) in [6, 6.07) is 43.6. The molecule has 0 saturated heterocycles. The third-order valence-electron chi connectivity index (χ3n) is 6.88. The normalized spacial score (nSPS) is 11.0. The quantitative estimate of drug-likeness (QED) is 0.269. The van der Waals surface area contributed by atoms with Crippen molar-refractivity contribution in [2.24, 2.45) is 0 Å². The number of benzene rings is 4. The monoisotopic (exact) mass is 532 g/mol. The minimum atomic E-state index is 0. The lowest BCUT2D eigenvalue weighted by atomic mass is 10.1. The number of pyridine rings is 1. The first kappa shape index (κ1) is 24.0. The Bertz CT molecular complexity index is 1570. The van der Waals surface area contributed by atoms with Crippen LogP contribution in [0.25, 0.3) is 33.1 Å². The summed E-state index contributed by atoms with van der Waals surface area (Å²) < 4.78 is 4.97. The van der Waals surface area contributed by atoms with Crippen LogP contribution in [0.3, 0.4) is 0 Å². The first-order valence-electron chi connectivity index (χ1n) is 12.4. The molecule has 0 N–H and O–H groups in total. The third kappa shape index (κ3) is 4.72. The minimum Gasteiger partial charge on any atom is -1.00 e. The molecule has 0 spiro atoms. The number of para-hydroxylation sites is 1. The van der Waals surface area contributed by atoms with Crippen molar-refractivity contribution in [2.75, 3.05) is 0 Å². The first-order valence-corrected chi connectivity index (χ1v) is 12.4. The number of hydrogen-bond donors (Lipinski definition) is 0. The van der Waals surface area contributed by atoms with Crippen LogP contribution in [0.15, 0.2) is 128 Å². The van der Waals surface area contributed by atoms with Gasteiger partial charge in [0.25, 0.3) is 0 Å². The van der Waals surface area contributed by atoms with Gasteiger partial charge in [-0.1, -0.05) is 97.1 Å². The molecule has 0 saturated carbocycles. The van der Waals surface area contributed by atoms with E-state index in [0.29, 0.717) is 0 Å². The molecule has 6 aromatic rings. The zero-order chi connectivity index (χ0) is 23.5. The molecule has 0 unspecified atom stereocenters. The van der Waals surface area contributed by atoms with Gasteiger partial charge in [0.2, 0.25) is 5.69 Å². The molecule has 6 rings (SSSR count). The Morgan fingerprint density at radius 2 is 1.19 bits per heavy atom. The van der Waals surface area contributed by atoms with Gasteiger partial charge in [-0.05, 0) is 36.6 Å². The number of aryl methyl sites for hydroxylation is 2. The van der Waals surface area contributed by atoms with Gasteiger partial charge in [-0.25, -0.2) is 0 Å². The highest BCUT2D eigenvalue weighted by Gasteiger charge is 2.24. The summed E-state index contributed by atoms with van der Waals surface area (Å²) in [5, 5.41) is 2.65. The fourth-order valence-electron chi connectivity index (χ4n) is 5.26. The molecule has 0 bridgehead atoms. The molecular weight excluding hydrogens is 504 g/mol. The molecule has 36 heavy (non-hydrogen) atoms. The van der Waals surface area contributed by atoms with Crippen LogP contribution in [0.4, 0.5) is 0 Å². The second-order valence-corrected chi connectivity index (χ2v) is 9.16. The summed E-state index contributed by atoms with van der Waals surface area (Å²) in [4.78, 5) is 0. The highest BCUT2D eigenvalue weighted by Crippen LogP contribution is 2.34. The molecule has 2 heterocycles. The van der Waals surface area contributed by atoms with E-state index in [1.807, 2.05) is 0 Å². The maximum atomic E-state index is 2.55. The van der Waals surface area contributed by atoms with Crippen LogP contribution < -0.4 is 21.5 Å². The number of fused-ring (bicyclic) bond motifs is 3. The highest BCUT2D eigenvalue weighted by molar-refractivity contribution is 6.11. The molecule has 3 heteroatoms. The first-order chi connectivity index (χ1) is 17.4. The summed E-state index contributed by atoms with van der Waals surface area (Å²) >= 11 is 0. The van der Waals surface area contributed by atoms with E-state index in [2.05, 4.69) is 137 Å². The standard InChI is InChI=1S/C33H29N2.BrH/c1-4-13-26(14-5-1)17-12-23-35-31-21-11-10-20-29(31)30-22-24-34(25-27-15-6-2-7-16-27)32(33(30)35)28-18-8-3-9-19-28;/h1-11,13-16,18-22,24H,12,17,23,25H2;1H/q+1;/p-1. The maximum absolute atomic E-state index is 2.55. The topological polar surface area (TPSA) is 8.81 Å². The van der Waals surface area contributed by atoms with Crippen LogP contribution in [-0.2, 0) is 19.5 Å². The van der Waals surface area contributed by atoms with Gasteiger partial charge >= 0.3 is 0 Å². The van der Waals surface area contributed by atoms with E-state index in [0.717, 1.165) is 25.9 Å². The van der Waals surface area contributed by atoms with Crippen molar-refractivity contribution in [3.63, 3.8) is 0 Å². The number of nitrogens with zero attached hydrogens (tertiary/aromatic N) is 2. The Balaban J connectivity index is 0.00000267. The van der Waals surface area contributed by atoms with Gasteiger partial charge in [0.15, 0.2) is 12.7 Å². The Labute approximate surface area is 223 Å². The molecule has 0 aliphatic rings. The average molecular weight is 534 g/mol.